The molecule has 4 aromatic rings. The number of hydrogen-bond donors (Lipinski definition) is 3. The summed E-state index contributed by atoms with van der Waals surface area (Å²) in [6.07, 6.45) is 0.754. The molecule has 1 saturated heterocycles. The highest BCUT2D eigenvalue weighted by molar-refractivity contribution is 5.90. The molecule has 0 radical (unpaired) electrons. The predicted molar refractivity (Wildman–Crippen MR) is 131 cm³/mol. The van der Waals surface area contributed by atoms with E-state index in [4.69, 9.17) is 10.7 Å². The Morgan fingerprint density at radius 1 is 1.09 bits per heavy atom. The number of benzene rings is 2. The van der Waals surface area contributed by atoms with Crippen molar-refractivity contribution in [3.8, 4) is 11.3 Å². The Morgan fingerprint density at radius 2 is 1.91 bits per heavy atom. The number of rotatable bonds is 4. The normalized spacial score (nSPS) is 15.5. The van der Waals surface area contributed by atoms with Crippen LogP contribution in [0.25, 0.3) is 22.3 Å². The lowest BCUT2D eigenvalue weighted by Crippen LogP contribution is -2.39. The Kier molecular flexibility index (Phi) is 5.67. The van der Waals surface area contributed by atoms with Crippen molar-refractivity contribution in [2.24, 2.45) is 0 Å². The summed E-state index contributed by atoms with van der Waals surface area (Å²) in [5, 5.41) is 5.91. The van der Waals surface area contributed by atoms with Crippen molar-refractivity contribution in [1.82, 2.24) is 20.3 Å². The summed E-state index contributed by atoms with van der Waals surface area (Å²) in [4.78, 5) is 28.1. The van der Waals surface area contributed by atoms with Gasteiger partial charge in [-0.15, -0.1) is 0 Å². The van der Waals surface area contributed by atoms with Gasteiger partial charge in [0.05, 0.1) is 11.2 Å². The molecule has 0 spiro atoms. The number of amides is 2. The fourth-order valence-electron chi connectivity index (χ4n) is 4.16. The summed E-state index contributed by atoms with van der Waals surface area (Å²) in [7, 11) is 0. The van der Waals surface area contributed by atoms with Crippen LogP contribution in [0.5, 0.6) is 0 Å². The van der Waals surface area contributed by atoms with Crippen LogP contribution < -0.4 is 21.3 Å². The molecule has 172 valence electrons. The van der Waals surface area contributed by atoms with E-state index in [2.05, 4.69) is 25.5 Å². The smallest absolute Gasteiger partial charge is 0.319 e. The molecule has 0 unspecified atom stereocenters. The largest absolute Gasteiger partial charge is 0.368 e. The molecule has 1 aliphatic heterocycles. The van der Waals surface area contributed by atoms with Crippen molar-refractivity contribution in [1.29, 1.82) is 0 Å². The first-order valence-corrected chi connectivity index (χ1v) is 11.0. The highest BCUT2D eigenvalue weighted by Gasteiger charge is 2.27. The van der Waals surface area contributed by atoms with Crippen molar-refractivity contribution in [2.75, 3.05) is 29.0 Å². The maximum absolute atomic E-state index is 13.3. The summed E-state index contributed by atoms with van der Waals surface area (Å²) < 4.78 is 13.3. The van der Waals surface area contributed by atoms with Crippen LogP contribution in [0.3, 0.4) is 0 Å². The van der Waals surface area contributed by atoms with Gasteiger partial charge in [-0.05, 0) is 67.4 Å². The average Bonchev–Trinajstić information content (AvgIpc) is 3.27. The third-order valence-corrected chi connectivity index (χ3v) is 5.78. The van der Waals surface area contributed by atoms with Gasteiger partial charge in [-0.25, -0.2) is 19.2 Å². The summed E-state index contributed by atoms with van der Waals surface area (Å²) in [5.74, 6) is 0.477. The van der Waals surface area contributed by atoms with E-state index >= 15 is 0 Å². The van der Waals surface area contributed by atoms with E-state index in [1.165, 1.54) is 12.1 Å². The number of urea groups is 1. The molecule has 2 aromatic heterocycles. The molecular weight excluding hydrogens is 433 g/mol. The Hall–Kier alpha value is -4.27. The third kappa shape index (κ3) is 4.59. The number of pyridine rings is 1. The number of halogens is 1. The van der Waals surface area contributed by atoms with Crippen LogP contribution in [0.2, 0.25) is 0 Å². The van der Waals surface area contributed by atoms with Gasteiger partial charge in [0.2, 0.25) is 5.95 Å². The zero-order valence-electron chi connectivity index (χ0n) is 18.6. The Bertz CT molecular complexity index is 1360. The van der Waals surface area contributed by atoms with Gasteiger partial charge in [-0.3, -0.25) is 0 Å². The van der Waals surface area contributed by atoms with E-state index in [9.17, 15) is 9.18 Å². The number of hydrogen-bond acceptors (Lipinski definition) is 6. The van der Waals surface area contributed by atoms with E-state index in [0.717, 1.165) is 23.2 Å². The number of nitrogens with one attached hydrogen (secondary N) is 2. The highest BCUT2D eigenvalue weighted by Crippen LogP contribution is 2.29. The lowest BCUT2D eigenvalue weighted by Gasteiger charge is -2.20. The molecule has 8 nitrogen and oxygen atoms in total. The molecule has 1 fully saturated rings. The number of aromatic nitrogens is 3. The van der Waals surface area contributed by atoms with Gasteiger partial charge in [0, 0.05) is 30.4 Å². The second kappa shape index (κ2) is 8.93. The lowest BCUT2D eigenvalue weighted by atomic mass is 10.1. The van der Waals surface area contributed by atoms with Crippen LogP contribution in [0, 0.1) is 12.7 Å². The van der Waals surface area contributed by atoms with Gasteiger partial charge in [0.25, 0.3) is 0 Å². The van der Waals surface area contributed by atoms with Crippen molar-refractivity contribution in [2.45, 2.75) is 19.4 Å². The SMILES string of the molecule is Cc1cccc(NC(=O)N[C@@H]2CCN(c3nc(N)nc4ccc(-c5ccc(F)cc5)nc34)C2)c1. The molecule has 9 heteroatoms. The van der Waals surface area contributed by atoms with Gasteiger partial charge in [-0.2, -0.15) is 4.98 Å². The Labute approximate surface area is 196 Å². The fraction of sp³-hybridized carbons (Fsp3) is 0.200. The van der Waals surface area contributed by atoms with Crippen LogP contribution >= 0.6 is 0 Å². The van der Waals surface area contributed by atoms with E-state index in [-0.39, 0.29) is 23.8 Å². The maximum Gasteiger partial charge on any atom is 0.319 e. The number of carbonyl (C=O) groups excluding carboxylic acids is 1. The van der Waals surface area contributed by atoms with E-state index in [1.54, 1.807) is 12.1 Å². The molecule has 2 aromatic carbocycles. The van der Waals surface area contributed by atoms with Crippen molar-refractivity contribution >= 4 is 34.5 Å². The summed E-state index contributed by atoms with van der Waals surface area (Å²) in [6.45, 7) is 3.23. The number of carbonyl (C=O) groups is 1. The molecule has 4 N–H and O–H groups in total. The topological polar surface area (TPSA) is 109 Å². The zero-order chi connectivity index (χ0) is 23.7. The van der Waals surface area contributed by atoms with Crippen molar-refractivity contribution in [3.63, 3.8) is 0 Å². The quantitative estimate of drug-likeness (QED) is 0.425. The van der Waals surface area contributed by atoms with E-state index in [1.807, 2.05) is 43.3 Å². The van der Waals surface area contributed by atoms with Crippen molar-refractivity contribution < 1.29 is 9.18 Å². The van der Waals surface area contributed by atoms with Crippen LogP contribution in [-0.2, 0) is 0 Å². The summed E-state index contributed by atoms with van der Waals surface area (Å²) in [5.41, 5.74) is 10.5. The van der Waals surface area contributed by atoms with Gasteiger partial charge >= 0.3 is 6.03 Å². The Morgan fingerprint density at radius 3 is 2.71 bits per heavy atom. The molecule has 0 aliphatic carbocycles. The first kappa shape index (κ1) is 21.6. The predicted octanol–water partition coefficient (Wildman–Crippen LogP) is 4.12. The molecule has 0 saturated carbocycles. The number of aryl methyl sites for hydroxylation is 1. The van der Waals surface area contributed by atoms with Gasteiger partial charge in [0.1, 0.15) is 11.3 Å². The van der Waals surface area contributed by atoms with Crippen molar-refractivity contribution in [3.05, 3.63) is 72.0 Å². The minimum atomic E-state index is -0.302. The molecule has 5 rings (SSSR count). The number of nitrogen functional groups attached to an aromatic ring is 1. The minimum absolute atomic E-state index is 0.0590. The van der Waals surface area contributed by atoms with Crippen LogP contribution in [0.15, 0.2) is 60.7 Å². The summed E-state index contributed by atoms with van der Waals surface area (Å²) >= 11 is 0. The van der Waals surface area contributed by atoms with Gasteiger partial charge in [0.15, 0.2) is 5.82 Å². The Balaban J connectivity index is 1.35. The molecule has 0 bridgehead atoms. The van der Waals surface area contributed by atoms with Gasteiger partial charge < -0.3 is 21.3 Å². The van der Waals surface area contributed by atoms with Crippen LogP contribution in [0.4, 0.5) is 26.6 Å². The van der Waals surface area contributed by atoms with Crippen LogP contribution in [-0.4, -0.2) is 40.1 Å². The molecule has 2 amide bonds. The highest BCUT2D eigenvalue weighted by atomic mass is 19.1. The maximum atomic E-state index is 13.3. The standard InChI is InChI=1S/C25H24FN7O/c1-15-3-2-4-18(13-15)28-25(34)29-19-11-12-33(14-19)23-22-21(31-24(27)32-23)10-9-20(30-22)16-5-7-17(26)8-6-16/h2-10,13,19H,11-12,14H2,1H3,(H2,27,31,32)(H2,28,29,34)/t19-/m1/s1. The molecular formula is C25H24FN7O. The fourth-order valence-corrected chi connectivity index (χ4v) is 4.16. The molecule has 3 heterocycles. The first-order chi connectivity index (χ1) is 16.4. The zero-order valence-corrected chi connectivity index (χ0v) is 18.6. The average molecular weight is 458 g/mol. The van der Waals surface area contributed by atoms with E-state index < -0.39 is 0 Å². The molecule has 1 atom stereocenters. The second-order valence-electron chi connectivity index (χ2n) is 8.38. The van der Waals surface area contributed by atoms with Crippen LogP contribution in [0.1, 0.15) is 12.0 Å². The first-order valence-electron chi connectivity index (χ1n) is 11.0. The monoisotopic (exact) mass is 457 g/mol. The number of nitrogens with two attached hydrogens (primary N) is 1. The van der Waals surface area contributed by atoms with Gasteiger partial charge in [-0.1, -0.05) is 12.1 Å². The second-order valence-corrected chi connectivity index (χ2v) is 8.38. The summed E-state index contributed by atoms with van der Waals surface area (Å²) in [6, 6.07) is 17.2. The number of nitrogens with zero attached hydrogens (tertiary/aromatic N) is 4. The molecule has 1 aliphatic rings. The number of fused-ring (bicyclic) bond motifs is 1. The van der Waals surface area contributed by atoms with E-state index in [0.29, 0.717) is 35.6 Å². The minimum Gasteiger partial charge on any atom is -0.368 e. The third-order valence-electron chi connectivity index (χ3n) is 5.78. The lowest BCUT2D eigenvalue weighted by molar-refractivity contribution is 0.249. The number of anilines is 3. The molecule has 34 heavy (non-hydrogen) atoms.